The van der Waals surface area contributed by atoms with Gasteiger partial charge in [-0.2, -0.15) is 0 Å². The smallest absolute Gasteiger partial charge is 0.325 e. The van der Waals surface area contributed by atoms with Crippen LogP contribution in [0.3, 0.4) is 0 Å². The number of carbonyl (C=O) groups excluding carboxylic acids is 3. The molecular weight excluding hydrogens is 376 g/mol. The number of carbonyl (C=O) groups is 3. The highest BCUT2D eigenvalue weighted by molar-refractivity contribution is 7.09. The number of hydrogen-bond acceptors (Lipinski definition) is 5. The average molecular weight is 407 g/mol. The molecule has 0 atom stereocenters. The van der Waals surface area contributed by atoms with Crippen LogP contribution in [-0.2, 0) is 21.4 Å². The summed E-state index contributed by atoms with van der Waals surface area (Å²) in [6.45, 7) is 8.71. The van der Waals surface area contributed by atoms with E-state index in [1.807, 2.05) is 0 Å². The molecule has 0 radical (unpaired) electrons. The number of thiazole rings is 1. The molecule has 0 bridgehead atoms. The van der Waals surface area contributed by atoms with E-state index in [1.165, 1.54) is 0 Å². The van der Waals surface area contributed by atoms with Crippen molar-refractivity contribution in [2.24, 2.45) is 5.92 Å². The predicted octanol–water partition coefficient (Wildman–Crippen LogP) is 2.60. The van der Waals surface area contributed by atoms with Gasteiger partial charge in [0.25, 0.3) is 5.91 Å². The van der Waals surface area contributed by atoms with E-state index in [4.69, 9.17) is 0 Å². The van der Waals surface area contributed by atoms with E-state index >= 15 is 0 Å². The Morgan fingerprint density at radius 2 is 2.04 bits per heavy atom. The maximum Gasteiger partial charge on any atom is 0.325 e. The van der Waals surface area contributed by atoms with Gasteiger partial charge in [-0.25, -0.2) is 9.78 Å². The molecule has 2 heterocycles. The summed E-state index contributed by atoms with van der Waals surface area (Å²) in [5.41, 5.74) is 0.257. The predicted molar refractivity (Wildman–Crippen MR) is 108 cm³/mol. The molecule has 1 saturated heterocycles. The van der Waals surface area contributed by atoms with Crippen LogP contribution in [0.1, 0.15) is 64.1 Å². The van der Waals surface area contributed by atoms with Gasteiger partial charge in [0.05, 0.1) is 10.7 Å². The zero-order valence-corrected chi connectivity index (χ0v) is 17.9. The zero-order valence-electron chi connectivity index (χ0n) is 17.1. The second kappa shape index (κ2) is 7.81. The van der Waals surface area contributed by atoms with Crippen LogP contribution in [-0.4, -0.2) is 46.4 Å². The van der Waals surface area contributed by atoms with E-state index in [0.29, 0.717) is 31.7 Å². The second-order valence-electron chi connectivity index (χ2n) is 9.06. The Balaban J connectivity index is 1.49. The molecule has 0 unspecified atom stereocenters. The van der Waals surface area contributed by atoms with E-state index in [1.54, 1.807) is 11.3 Å². The average Bonchev–Trinajstić information content (AvgIpc) is 3.17. The SMILES string of the molecule is CC1CCC2(CC1)NC(=O)N(CC(=O)NCCc1nc(C(C)(C)C)cs1)C2=O. The Hall–Kier alpha value is -1.96. The highest BCUT2D eigenvalue weighted by atomic mass is 32.1. The van der Waals surface area contributed by atoms with Gasteiger partial charge < -0.3 is 10.6 Å². The van der Waals surface area contributed by atoms with Crippen molar-refractivity contribution < 1.29 is 14.4 Å². The van der Waals surface area contributed by atoms with E-state index in [2.05, 4.69) is 48.7 Å². The fourth-order valence-corrected chi connectivity index (χ4v) is 4.72. The maximum absolute atomic E-state index is 12.8. The highest BCUT2D eigenvalue weighted by Gasteiger charge is 2.52. The van der Waals surface area contributed by atoms with Crippen LogP contribution in [0.4, 0.5) is 4.79 Å². The molecule has 1 aromatic heterocycles. The normalized spacial score (nSPS) is 25.3. The summed E-state index contributed by atoms with van der Waals surface area (Å²) in [4.78, 5) is 43.0. The lowest BCUT2D eigenvalue weighted by atomic mass is 9.77. The van der Waals surface area contributed by atoms with Crippen LogP contribution >= 0.6 is 11.3 Å². The summed E-state index contributed by atoms with van der Waals surface area (Å²) in [7, 11) is 0. The molecule has 28 heavy (non-hydrogen) atoms. The molecule has 1 aliphatic carbocycles. The van der Waals surface area contributed by atoms with Gasteiger partial charge in [-0.15, -0.1) is 11.3 Å². The Bertz CT molecular complexity index is 760. The van der Waals surface area contributed by atoms with Crippen molar-refractivity contribution >= 4 is 29.2 Å². The molecular formula is C20H30N4O3S. The molecule has 0 aromatic carbocycles. The number of nitrogens with one attached hydrogen (secondary N) is 2. The summed E-state index contributed by atoms with van der Waals surface area (Å²) in [6.07, 6.45) is 3.76. The third-order valence-electron chi connectivity index (χ3n) is 5.66. The van der Waals surface area contributed by atoms with Crippen LogP contribution in [0, 0.1) is 5.92 Å². The monoisotopic (exact) mass is 406 g/mol. The van der Waals surface area contributed by atoms with Crippen LogP contribution in [0.5, 0.6) is 0 Å². The Morgan fingerprint density at radius 1 is 1.36 bits per heavy atom. The molecule has 1 aromatic rings. The zero-order chi connectivity index (χ0) is 20.5. The molecule has 2 N–H and O–H groups in total. The lowest BCUT2D eigenvalue weighted by molar-refractivity contribution is -0.136. The Labute approximate surface area is 170 Å². The minimum absolute atomic E-state index is 0.00828. The molecule has 7 nitrogen and oxygen atoms in total. The molecule has 3 rings (SSSR count). The first kappa shape index (κ1) is 20.8. The minimum Gasteiger partial charge on any atom is -0.354 e. The van der Waals surface area contributed by atoms with Crippen molar-refractivity contribution in [1.82, 2.24) is 20.5 Å². The number of amides is 4. The van der Waals surface area contributed by atoms with E-state index < -0.39 is 11.6 Å². The lowest BCUT2D eigenvalue weighted by Gasteiger charge is -2.33. The number of hydrogen-bond donors (Lipinski definition) is 2. The molecule has 1 saturated carbocycles. The van der Waals surface area contributed by atoms with Crippen LogP contribution in [0.25, 0.3) is 0 Å². The number of nitrogens with zero attached hydrogens (tertiary/aromatic N) is 2. The third-order valence-corrected chi connectivity index (χ3v) is 6.57. The van der Waals surface area contributed by atoms with Gasteiger partial charge in [0.1, 0.15) is 12.1 Å². The van der Waals surface area contributed by atoms with Crippen molar-refractivity contribution in [3.05, 3.63) is 16.1 Å². The Kier molecular flexibility index (Phi) is 5.79. The van der Waals surface area contributed by atoms with Crippen LogP contribution in [0.2, 0.25) is 0 Å². The summed E-state index contributed by atoms with van der Waals surface area (Å²) in [5.74, 6) is -0.0102. The Morgan fingerprint density at radius 3 is 2.64 bits per heavy atom. The first-order valence-corrected chi connectivity index (χ1v) is 10.8. The second-order valence-corrected chi connectivity index (χ2v) is 10.0. The fraction of sp³-hybridized carbons (Fsp3) is 0.700. The van der Waals surface area contributed by atoms with Gasteiger partial charge in [0.15, 0.2) is 0 Å². The number of rotatable bonds is 5. The van der Waals surface area contributed by atoms with Crippen molar-refractivity contribution in [2.45, 2.75) is 70.8 Å². The molecule has 8 heteroatoms. The topological polar surface area (TPSA) is 91.4 Å². The summed E-state index contributed by atoms with van der Waals surface area (Å²) >= 11 is 1.59. The highest BCUT2D eigenvalue weighted by Crippen LogP contribution is 2.36. The van der Waals surface area contributed by atoms with Gasteiger partial charge in [0, 0.05) is 23.8 Å². The van der Waals surface area contributed by atoms with Crippen molar-refractivity contribution in [2.75, 3.05) is 13.1 Å². The molecule has 1 aliphatic heterocycles. The van der Waals surface area contributed by atoms with Gasteiger partial charge in [-0.3, -0.25) is 14.5 Å². The summed E-state index contributed by atoms with van der Waals surface area (Å²) in [6, 6.07) is -0.454. The van der Waals surface area contributed by atoms with Crippen LogP contribution < -0.4 is 10.6 Å². The quantitative estimate of drug-likeness (QED) is 0.736. The number of urea groups is 1. The van der Waals surface area contributed by atoms with E-state index in [9.17, 15) is 14.4 Å². The number of imide groups is 1. The molecule has 4 amide bonds. The van der Waals surface area contributed by atoms with Crippen LogP contribution in [0.15, 0.2) is 5.38 Å². The van der Waals surface area contributed by atoms with Gasteiger partial charge in [-0.05, 0) is 31.6 Å². The molecule has 2 aliphatic rings. The summed E-state index contributed by atoms with van der Waals surface area (Å²) < 4.78 is 0. The van der Waals surface area contributed by atoms with E-state index in [-0.39, 0.29) is 23.8 Å². The molecule has 2 fully saturated rings. The van der Waals surface area contributed by atoms with Gasteiger partial charge >= 0.3 is 6.03 Å². The van der Waals surface area contributed by atoms with Gasteiger partial charge in [0.2, 0.25) is 5.91 Å². The minimum atomic E-state index is -0.798. The maximum atomic E-state index is 12.8. The molecule has 154 valence electrons. The molecule has 1 spiro atoms. The first-order valence-electron chi connectivity index (χ1n) is 9.96. The lowest BCUT2D eigenvalue weighted by Crippen LogP contribution is -2.50. The van der Waals surface area contributed by atoms with Crippen molar-refractivity contribution in [1.29, 1.82) is 0 Å². The fourth-order valence-electron chi connectivity index (χ4n) is 3.69. The number of aromatic nitrogens is 1. The van der Waals surface area contributed by atoms with Crippen molar-refractivity contribution in [3.8, 4) is 0 Å². The summed E-state index contributed by atoms with van der Waals surface area (Å²) in [5, 5.41) is 8.66. The largest absolute Gasteiger partial charge is 0.354 e. The first-order chi connectivity index (χ1) is 13.1. The van der Waals surface area contributed by atoms with Gasteiger partial charge in [-0.1, -0.05) is 27.7 Å². The third kappa shape index (κ3) is 4.37. The van der Waals surface area contributed by atoms with Crippen molar-refractivity contribution in [3.63, 3.8) is 0 Å². The van der Waals surface area contributed by atoms with E-state index in [0.717, 1.165) is 28.4 Å². The standard InChI is InChI=1S/C20H30N4O3S/c1-13-5-8-20(9-6-13)17(26)24(18(27)23-20)11-15(25)21-10-7-16-22-14(12-28-16)19(2,3)4/h12-13H,5-11H2,1-4H3,(H,21,25)(H,23,27).